The van der Waals surface area contributed by atoms with Crippen molar-refractivity contribution in [2.24, 2.45) is 0 Å². The zero-order valence-corrected chi connectivity index (χ0v) is 50.6. The van der Waals surface area contributed by atoms with E-state index in [1.54, 1.807) is 0 Å². The molecule has 0 aliphatic rings. The molecule has 0 spiro atoms. The molecule has 0 N–H and O–H groups in total. The fourth-order valence-electron chi connectivity index (χ4n) is 8.40. The molecular formula is C66H116NO8P. The number of hydrogen-bond donors (Lipinski definition) is 0. The van der Waals surface area contributed by atoms with Crippen molar-refractivity contribution in [1.29, 1.82) is 0 Å². The van der Waals surface area contributed by atoms with Gasteiger partial charge >= 0.3 is 11.9 Å². The van der Waals surface area contributed by atoms with E-state index in [-0.39, 0.29) is 32.0 Å². The van der Waals surface area contributed by atoms with Gasteiger partial charge in [0.15, 0.2) is 6.10 Å². The summed E-state index contributed by atoms with van der Waals surface area (Å²) in [5, 5.41) is 0. The number of carbonyl (C=O) groups is 2. The van der Waals surface area contributed by atoms with E-state index in [9.17, 15) is 19.0 Å². The Morgan fingerprint density at radius 3 is 1.05 bits per heavy atom. The lowest BCUT2D eigenvalue weighted by Crippen LogP contribution is -2.37. The van der Waals surface area contributed by atoms with E-state index in [4.69, 9.17) is 18.5 Å². The van der Waals surface area contributed by atoms with Crippen LogP contribution in [0.15, 0.2) is 97.2 Å². The van der Waals surface area contributed by atoms with Gasteiger partial charge in [0.25, 0.3) is 7.82 Å². The molecule has 0 heterocycles. The van der Waals surface area contributed by atoms with Crippen LogP contribution in [0.25, 0.3) is 0 Å². The van der Waals surface area contributed by atoms with Crippen LogP contribution in [0.4, 0.5) is 0 Å². The Bertz CT molecular complexity index is 1600. The first-order valence-electron chi connectivity index (χ1n) is 30.9. The fourth-order valence-corrected chi connectivity index (χ4v) is 9.13. The molecule has 0 aromatic carbocycles. The summed E-state index contributed by atoms with van der Waals surface area (Å²) in [7, 11) is 1.16. The van der Waals surface area contributed by atoms with Crippen molar-refractivity contribution < 1.29 is 42.1 Å². The van der Waals surface area contributed by atoms with Crippen LogP contribution in [0.1, 0.15) is 258 Å². The number of hydrogen-bond acceptors (Lipinski definition) is 8. The van der Waals surface area contributed by atoms with Crippen LogP contribution in [0.5, 0.6) is 0 Å². The van der Waals surface area contributed by atoms with E-state index in [0.29, 0.717) is 17.4 Å². The van der Waals surface area contributed by atoms with Gasteiger partial charge in [-0.1, -0.05) is 252 Å². The van der Waals surface area contributed by atoms with E-state index in [2.05, 4.69) is 111 Å². The number of rotatable bonds is 56. The standard InChI is InChI=1S/C66H116NO8P/c1-6-8-10-12-14-16-18-20-22-24-26-28-30-31-32-33-34-35-37-39-41-43-45-47-49-51-53-55-57-59-66(69)75-64(63-74-76(70,71)73-61-60-67(3,4)5)62-72-65(68)58-56-54-52-50-48-46-44-42-40-38-36-29-27-25-23-21-19-17-15-13-11-9-7-2/h8-11,14-17,20-23,26-29,64H,6-7,12-13,18-19,24-25,30-63H2,1-5H3/b10-8-,11-9-,16-14-,17-15-,22-20-,23-21-,28-26-,29-27-. The highest BCUT2D eigenvalue weighted by molar-refractivity contribution is 7.45. The highest BCUT2D eigenvalue weighted by atomic mass is 31.2. The predicted octanol–water partition coefficient (Wildman–Crippen LogP) is 19.0. The van der Waals surface area contributed by atoms with Crippen LogP contribution in [0, 0.1) is 0 Å². The topological polar surface area (TPSA) is 111 Å². The molecule has 2 atom stereocenters. The van der Waals surface area contributed by atoms with Crippen LogP contribution >= 0.6 is 7.82 Å². The number of phosphoric acid groups is 1. The summed E-state index contributed by atoms with van der Waals surface area (Å²) >= 11 is 0. The minimum absolute atomic E-state index is 0.0347. The summed E-state index contributed by atoms with van der Waals surface area (Å²) < 4.78 is 34.2. The molecule has 0 rings (SSSR count). The molecule has 0 aliphatic carbocycles. The third kappa shape index (κ3) is 60.2. The Morgan fingerprint density at radius 2 is 0.711 bits per heavy atom. The number of carbonyl (C=O) groups excluding carboxylic acids is 2. The van der Waals surface area contributed by atoms with Crippen LogP contribution in [-0.4, -0.2) is 70.0 Å². The summed E-state index contributed by atoms with van der Waals surface area (Å²) in [5.74, 6) is -0.836. The third-order valence-electron chi connectivity index (χ3n) is 13.1. The Labute approximate surface area is 468 Å². The maximum atomic E-state index is 12.8. The number of ether oxygens (including phenoxy) is 2. The van der Waals surface area contributed by atoms with E-state index in [1.165, 1.54) is 122 Å². The van der Waals surface area contributed by atoms with E-state index >= 15 is 0 Å². The van der Waals surface area contributed by atoms with Crippen molar-refractivity contribution >= 4 is 19.8 Å². The molecule has 0 aliphatic heterocycles. The SMILES string of the molecule is CC/C=C\C/C=C\C/C=C\C/C=C\CCCCCCCCCCCCCCCCCCC(=O)OC(COC(=O)CCCCCCCCCCCC/C=C\C/C=C\C/C=C\C/C=C\CC)COP(=O)([O-])OCC[N+](C)(C)C. The number of unbranched alkanes of at least 4 members (excludes halogenated alkanes) is 26. The Balaban J connectivity index is 4.12. The van der Waals surface area contributed by atoms with Crippen LogP contribution in [-0.2, 0) is 32.7 Å². The highest BCUT2D eigenvalue weighted by Gasteiger charge is 2.22. The van der Waals surface area contributed by atoms with Gasteiger partial charge in [-0.3, -0.25) is 14.2 Å². The van der Waals surface area contributed by atoms with Crippen LogP contribution < -0.4 is 4.89 Å². The first-order chi connectivity index (χ1) is 37.0. The molecule has 0 amide bonds. The quantitative estimate of drug-likeness (QED) is 0.0195. The number of likely N-dealkylation sites (N-methyl/N-ethyl adjacent to an activating group) is 1. The summed E-state index contributed by atoms with van der Waals surface area (Å²) in [6, 6.07) is 0. The second kappa shape index (κ2) is 56.6. The summed E-state index contributed by atoms with van der Waals surface area (Å²) in [6.45, 7) is 4.03. The normalized spacial score (nSPS) is 13.9. The molecule has 2 unspecified atom stereocenters. The molecule has 0 saturated carbocycles. The molecule has 0 aromatic heterocycles. The zero-order chi connectivity index (χ0) is 55.6. The molecule has 0 fully saturated rings. The number of nitrogens with zero attached hydrogens (tertiary/aromatic N) is 1. The van der Waals surface area contributed by atoms with Crippen molar-refractivity contribution in [1.82, 2.24) is 0 Å². The second-order valence-electron chi connectivity index (χ2n) is 21.7. The molecule has 76 heavy (non-hydrogen) atoms. The van der Waals surface area contributed by atoms with E-state index in [0.717, 1.165) is 103 Å². The lowest BCUT2D eigenvalue weighted by Gasteiger charge is -2.28. The summed E-state index contributed by atoms with van der Waals surface area (Å²) in [5.41, 5.74) is 0. The highest BCUT2D eigenvalue weighted by Crippen LogP contribution is 2.38. The van der Waals surface area contributed by atoms with Gasteiger partial charge in [0.2, 0.25) is 0 Å². The van der Waals surface area contributed by atoms with Crippen molar-refractivity contribution in [2.45, 2.75) is 264 Å². The van der Waals surface area contributed by atoms with Gasteiger partial charge in [0.1, 0.15) is 19.8 Å². The molecule has 0 bridgehead atoms. The summed E-state index contributed by atoms with van der Waals surface area (Å²) in [6.07, 6.45) is 77.4. The van der Waals surface area contributed by atoms with Crippen molar-refractivity contribution in [3.63, 3.8) is 0 Å². The maximum absolute atomic E-state index is 12.8. The number of allylic oxidation sites excluding steroid dienone is 16. The largest absolute Gasteiger partial charge is 0.756 e. The van der Waals surface area contributed by atoms with Gasteiger partial charge in [-0.05, 0) is 89.9 Å². The Hall–Kier alpha value is -3.07. The molecule has 0 radical (unpaired) electrons. The first kappa shape index (κ1) is 72.9. The zero-order valence-electron chi connectivity index (χ0n) is 49.7. The number of quaternary nitrogens is 1. The maximum Gasteiger partial charge on any atom is 0.306 e. The van der Waals surface area contributed by atoms with Gasteiger partial charge in [-0.2, -0.15) is 0 Å². The monoisotopic (exact) mass is 1080 g/mol. The lowest BCUT2D eigenvalue weighted by molar-refractivity contribution is -0.870. The Kier molecular flexibility index (Phi) is 54.4. The van der Waals surface area contributed by atoms with Crippen molar-refractivity contribution in [3.8, 4) is 0 Å². The smallest absolute Gasteiger partial charge is 0.306 e. The van der Waals surface area contributed by atoms with Gasteiger partial charge in [-0.25, -0.2) is 0 Å². The number of phosphoric ester groups is 1. The summed E-state index contributed by atoms with van der Waals surface area (Å²) in [4.78, 5) is 38.0. The predicted molar refractivity (Wildman–Crippen MR) is 323 cm³/mol. The van der Waals surface area contributed by atoms with Gasteiger partial charge in [-0.15, -0.1) is 0 Å². The number of esters is 2. The molecule has 0 aromatic rings. The third-order valence-corrected chi connectivity index (χ3v) is 14.1. The minimum atomic E-state index is -4.64. The van der Waals surface area contributed by atoms with Crippen molar-refractivity contribution in [3.05, 3.63) is 97.2 Å². The molecular weight excluding hydrogens is 966 g/mol. The first-order valence-corrected chi connectivity index (χ1v) is 32.4. The lowest BCUT2D eigenvalue weighted by atomic mass is 10.0. The minimum Gasteiger partial charge on any atom is -0.756 e. The fraction of sp³-hybridized carbons (Fsp3) is 0.727. The Morgan fingerprint density at radius 1 is 0.408 bits per heavy atom. The average molecular weight is 1080 g/mol. The van der Waals surface area contributed by atoms with Crippen LogP contribution in [0.2, 0.25) is 0 Å². The van der Waals surface area contributed by atoms with E-state index < -0.39 is 26.5 Å². The average Bonchev–Trinajstić information content (AvgIpc) is 3.38. The van der Waals surface area contributed by atoms with Gasteiger partial charge in [0.05, 0.1) is 27.7 Å². The molecule has 9 nitrogen and oxygen atoms in total. The second-order valence-corrected chi connectivity index (χ2v) is 23.1. The van der Waals surface area contributed by atoms with E-state index in [1.807, 2.05) is 21.1 Å². The van der Waals surface area contributed by atoms with Gasteiger partial charge < -0.3 is 27.9 Å². The van der Waals surface area contributed by atoms with Crippen molar-refractivity contribution in [2.75, 3.05) is 47.5 Å². The van der Waals surface area contributed by atoms with Gasteiger partial charge in [0, 0.05) is 12.8 Å². The van der Waals surface area contributed by atoms with Crippen LogP contribution in [0.3, 0.4) is 0 Å². The molecule has 438 valence electrons. The molecule has 0 saturated heterocycles. The molecule has 10 heteroatoms.